The molecule has 0 spiro atoms. The summed E-state index contributed by atoms with van der Waals surface area (Å²) in [6.07, 6.45) is 3.75. The molecule has 0 aliphatic carbocycles. The number of aliphatic imine (C=N–C) groups is 1. The summed E-state index contributed by atoms with van der Waals surface area (Å²) in [6.45, 7) is 6.80. The van der Waals surface area contributed by atoms with E-state index in [0.29, 0.717) is 17.8 Å². The van der Waals surface area contributed by atoms with E-state index >= 15 is 0 Å². The van der Waals surface area contributed by atoms with Gasteiger partial charge in [-0.15, -0.1) is 0 Å². The number of hydrogen-bond acceptors (Lipinski definition) is 3. The summed E-state index contributed by atoms with van der Waals surface area (Å²) in [5.74, 6) is -1.04. The van der Waals surface area contributed by atoms with Gasteiger partial charge in [0.25, 0.3) is 5.91 Å². The van der Waals surface area contributed by atoms with E-state index in [9.17, 15) is 9.59 Å². The van der Waals surface area contributed by atoms with Crippen LogP contribution in [0.1, 0.15) is 52.7 Å². The molecular formula is C22H24N2O2. The van der Waals surface area contributed by atoms with Crippen LogP contribution >= 0.6 is 0 Å². The fourth-order valence-corrected chi connectivity index (χ4v) is 3.14. The van der Waals surface area contributed by atoms with Crippen LogP contribution in [0.2, 0.25) is 0 Å². The molecule has 0 N–H and O–H groups in total. The van der Waals surface area contributed by atoms with Crippen LogP contribution in [0.4, 0.5) is 5.69 Å². The van der Waals surface area contributed by atoms with Crippen molar-refractivity contribution < 1.29 is 9.59 Å². The Balaban J connectivity index is 2.04. The Kier molecular flexibility index (Phi) is 5.31. The number of aryl methyl sites for hydroxylation is 2. The molecule has 0 bridgehead atoms. The molecule has 1 atom stereocenters. The molecule has 2 aromatic rings. The maximum atomic E-state index is 13.2. The first-order chi connectivity index (χ1) is 12.5. The third-order valence-electron chi connectivity index (χ3n) is 4.86. The van der Waals surface area contributed by atoms with Gasteiger partial charge in [0.1, 0.15) is 0 Å². The number of anilines is 1. The Hall–Kier alpha value is -2.75. The summed E-state index contributed by atoms with van der Waals surface area (Å²) in [6, 6.07) is 13.0. The lowest BCUT2D eigenvalue weighted by Crippen LogP contribution is -2.45. The lowest BCUT2D eigenvalue weighted by Gasteiger charge is -2.31. The predicted octanol–water partition coefficient (Wildman–Crippen LogP) is 4.44. The molecule has 2 amide bonds. The normalized spacial score (nSPS) is 17.0. The van der Waals surface area contributed by atoms with Gasteiger partial charge in [-0.25, -0.2) is 4.90 Å². The van der Waals surface area contributed by atoms with Crippen molar-refractivity contribution >= 4 is 23.7 Å². The molecule has 0 saturated carbocycles. The molecule has 1 unspecified atom stereocenters. The SMILES string of the molecule is CCCCN=CC1C(=O)N(c2ccc(C)c(C)c2)C(=O)c2ccccc21. The molecule has 1 aliphatic rings. The number of carbonyl (C=O) groups excluding carboxylic acids is 2. The number of benzene rings is 2. The lowest BCUT2D eigenvalue weighted by molar-refractivity contribution is -0.118. The zero-order valence-electron chi connectivity index (χ0n) is 15.5. The smallest absolute Gasteiger partial charge is 0.265 e. The molecule has 0 saturated heterocycles. The molecule has 3 rings (SSSR count). The predicted molar refractivity (Wildman–Crippen MR) is 105 cm³/mol. The first kappa shape index (κ1) is 18.1. The summed E-state index contributed by atoms with van der Waals surface area (Å²) >= 11 is 0. The van der Waals surface area contributed by atoms with Gasteiger partial charge in [-0.1, -0.05) is 37.6 Å². The fourth-order valence-electron chi connectivity index (χ4n) is 3.14. The van der Waals surface area contributed by atoms with Crippen molar-refractivity contribution in [2.45, 2.75) is 39.5 Å². The van der Waals surface area contributed by atoms with E-state index in [0.717, 1.165) is 29.5 Å². The topological polar surface area (TPSA) is 49.7 Å². The van der Waals surface area contributed by atoms with Crippen molar-refractivity contribution in [2.24, 2.45) is 4.99 Å². The molecule has 2 aromatic carbocycles. The highest BCUT2D eigenvalue weighted by atomic mass is 16.2. The van der Waals surface area contributed by atoms with Crippen molar-refractivity contribution in [3.05, 3.63) is 64.7 Å². The Morgan fingerprint density at radius 2 is 1.85 bits per heavy atom. The average Bonchev–Trinajstić information content (AvgIpc) is 2.64. The van der Waals surface area contributed by atoms with Crippen LogP contribution in [0.5, 0.6) is 0 Å². The molecular weight excluding hydrogens is 324 g/mol. The number of imide groups is 1. The van der Waals surface area contributed by atoms with E-state index in [1.54, 1.807) is 12.3 Å². The largest absolute Gasteiger partial charge is 0.296 e. The van der Waals surface area contributed by atoms with E-state index in [1.165, 1.54) is 4.90 Å². The van der Waals surface area contributed by atoms with Crippen molar-refractivity contribution in [3.8, 4) is 0 Å². The number of amides is 2. The average molecular weight is 348 g/mol. The highest BCUT2D eigenvalue weighted by Gasteiger charge is 2.38. The van der Waals surface area contributed by atoms with Crippen LogP contribution in [0.15, 0.2) is 47.5 Å². The number of fused-ring (bicyclic) bond motifs is 1. The number of rotatable bonds is 5. The Bertz CT molecular complexity index is 870. The van der Waals surface area contributed by atoms with Crippen LogP contribution in [-0.4, -0.2) is 24.6 Å². The molecule has 0 aromatic heterocycles. The van der Waals surface area contributed by atoms with Crippen molar-refractivity contribution in [1.82, 2.24) is 0 Å². The van der Waals surface area contributed by atoms with Crippen LogP contribution < -0.4 is 4.90 Å². The minimum absolute atomic E-state index is 0.239. The van der Waals surface area contributed by atoms with E-state index in [-0.39, 0.29) is 11.8 Å². The van der Waals surface area contributed by atoms with Gasteiger partial charge in [0, 0.05) is 18.3 Å². The summed E-state index contributed by atoms with van der Waals surface area (Å²) in [5.41, 5.74) is 4.10. The minimum Gasteiger partial charge on any atom is -0.296 e. The molecule has 4 nitrogen and oxygen atoms in total. The maximum absolute atomic E-state index is 13.2. The van der Waals surface area contributed by atoms with Gasteiger partial charge in [0.05, 0.1) is 11.6 Å². The summed E-state index contributed by atoms with van der Waals surface area (Å²) in [4.78, 5) is 31.9. The third kappa shape index (κ3) is 3.32. The van der Waals surface area contributed by atoms with E-state index in [4.69, 9.17) is 0 Å². The van der Waals surface area contributed by atoms with E-state index in [1.807, 2.05) is 50.2 Å². The van der Waals surface area contributed by atoms with E-state index in [2.05, 4.69) is 11.9 Å². The molecule has 4 heteroatoms. The second-order valence-electron chi connectivity index (χ2n) is 6.72. The summed E-state index contributed by atoms with van der Waals surface area (Å²) in [5, 5.41) is 0. The first-order valence-corrected chi connectivity index (χ1v) is 9.09. The van der Waals surface area contributed by atoms with Gasteiger partial charge in [-0.3, -0.25) is 14.6 Å². The molecule has 0 radical (unpaired) electrons. The van der Waals surface area contributed by atoms with Gasteiger partial charge in [0.2, 0.25) is 5.91 Å². The van der Waals surface area contributed by atoms with Crippen LogP contribution in [0, 0.1) is 13.8 Å². The molecule has 1 heterocycles. The highest BCUT2D eigenvalue weighted by Crippen LogP contribution is 2.32. The second-order valence-corrected chi connectivity index (χ2v) is 6.72. The lowest BCUT2D eigenvalue weighted by atomic mass is 9.88. The van der Waals surface area contributed by atoms with Gasteiger partial charge in [0.15, 0.2) is 0 Å². The monoisotopic (exact) mass is 348 g/mol. The van der Waals surface area contributed by atoms with Crippen molar-refractivity contribution in [2.75, 3.05) is 11.4 Å². The summed E-state index contributed by atoms with van der Waals surface area (Å²) < 4.78 is 0. The van der Waals surface area contributed by atoms with Gasteiger partial charge >= 0.3 is 0 Å². The van der Waals surface area contributed by atoms with Crippen LogP contribution in [0.3, 0.4) is 0 Å². The number of nitrogens with zero attached hydrogens (tertiary/aromatic N) is 2. The Morgan fingerprint density at radius 3 is 2.58 bits per heavy atom. The number of carbonyl (C=O) groups is 2. The Labute approximate surface area is 154 Å². The molecule has 1 aliphatic heterocycles. The number of hydrogen-bond donors (Lipinski definition) is 0. The van der Waals surface area contributed by atoms with Gasteiger partial charge in [-0.2, -0.15) is 0 Å². The standard InChI is InChI=1S/C22H24N2O2/c1-4-5-12-23-14-20-18-8-6-7-9-19(18)21(25)24(22(20)26)17-11-10-15(2)16(3)13-17/h6-11,13-14,20H,4-5,12H2,1-3H3. The molecule has 26 heavy (non-hydrogen) atoms. The minimum atomic E-state index is -0.526. The van der Waals surface area contributed by atoms with Crippen molar-refractivity contribution in [3.63, 3.8) is 0 Å². The zero-order chi connectivity index (χ0) is 18.7. The maximum Gasteiger partial charge on any atom is 0.265 e. The van der Waals surface area contributed by atoms with Gasteiger partial charge in [-0.05, 0) is 55.2 Å². The summed E-state index contributed by atoms with van der Waals surface area (Å²) in [7, 11) is 0. The Morgan fingerprint density at radius 1 is 1.08 bits per heavy atom. The van der Waals surface area contributed by atoms with E-state index < -0.39 is 5.92 Å². The highest BCUT2D eigenvalue weighted by molar-refractivity contribution is 6.29. The number of unbranched alkanes of at least 4 members (excludes halogenated alkanes) is 1. The second kappa shape index (κ2) is 7.65. The van der Waals surface area contributed by atoms with Gasteiger partial charge < -0.3 is 0 Å². The van der Waals surface area contributed by atoms with Crippen LogP contribution in [-0.2, 0) is 4.79 Å². The van der Waals surface area contributed by atoms with Crippen LogP contribution in [0.25, 0.3) is 0 Å². The zero-order valence-corrected chi connectivity index (χ0v) is 15.5. The quantitative estimate of drug-likeness (QED) is 0.455. The fraction of sp³-hybridized carbons (Fsp3) is 0.318. The van der Waals surface area contributed by atoms with Crippen molar-refractivity contribution in [1.29, 1.82) is 0 Å². The molecule has 134 valence electrons. The third-order valence-corrected chi connectivity index (χ3v) is 4.86. The first-order valence-electron chi connectivity index (χ1n) is 9.09. The molecule has 0 fully saturated rings.